The van der Waals surface area contributed by atoms with Gasteiger partial charge in [0.25, 0.3) is 0 Å². The summed E-state index contributed by atoms with van der Waals surface area (Å²) in [4.78, 5) is 20.3. The van der Waals surface area contributed by atoms with Crippen molar-refractivity contribution in [3.05, 3.63) is 35.9 Å². The van der Waals surface area contributed by atoms with E-state index in [1.54, 1.807) is 19.0 Å². The number of likely N-dealkylation sites (N-methyl/N-ethyl adjacent to an activating group) is 1. The minimum atomic E-state index is 0. The fraction of sp³-hybridized carbons (Fsp3) is 0.579. The van der Waals surface area contributed by atoms with E-state index in [1.165, 1.54) is 5.56 Å². The van der Waals surface area contributed by atoms with Crippen LogP contribution < -0.4 is 5.32 Å². The number of likely N-dealkylation sites (tertiary alicyclic amines) is 1. The zero-order chi connectivity index (χ0) is 17.7. The first-order valence-corrected chi connectivity index (χ1v) is 8.63. The predicted octanol–water partition coefficient (Wildman–Crippen LogP) is 2.71. The third-order valence-corrected chi connectivity index (χ3v) is 4.52. The van der Waals surface area contributed by atoms with Gasteiger partial charge in [0.2, 0.25) is 5.91 Å². The number of nitrogens with one attached hydrogen (secondary N) is 1. The monoisotopic (exact) mass is 458 g/mol. The van der Waals surface area contributed by atoms with Crippen molar-refractivity contribution in [2.75, 3.05) is 33.7 Å². The minimum Gasteiger partial charge on any atom is -0.354 e. The topological polar surface area (TPSA) is 47.9 Å². The SMILES string of the molecule is CC(C)NC(=NCC(=O)N(C)C)N1CCC(C)(c2ccccc2)C1.I. The number of carbonyl (C=O) groups excluding carboxylic acids is 1. The van der Waals surface area contributed by atoms with Gasteiger partial charge in [-0.05, 0) is 25.8 Å². The molecule has 1 unspecified atom stereocenters. The van der Waals surface area contributed by atoms with E-state index in [0.717, 1.165) is 25.5 Å². The van der Waals surface area contributed by atoms with Gasteiger partial charge >= 0.3 is 0 Å². The number of carbonyl (C=O) groups is 1. The number of halogens is 1. The zero-order valence-corrected chi connectivity index (χ0v) is 18.3. The van der Waals surface area contributed by atoms with Gasteiger partial charge in [0.15, 0.2) is 5.96 Å². The second-order valence-corrected chi connectivity index (χ2v) is 7.33. The summed E-state index contributed by atoms with van der Waals surface area (Å²) >= 11 is 0. The van der Waals surface area contributed by atoms with Gasteiger partial charge in [0, 0.05) is 38.6 Å². The van der Waals surface area contributed by atoms with E-state index in [1.807, 2.05) is 0 Å². The Labute approximate surface area is 168 Å². The van der Waals surface area contributed by atoms with Gasteiger partial charge in [0.1, 0.15) is 6.54 Å². The van der Waals surface area contributed by atoms with E-state index in [4.69, 9.17) is 0 Å². The van der Waals surface area contributed by atoms with E-state index in [9.17, 15) is 4.79 Å². The Hall–Kier alpha value is -1.31. The second-order valence-electron chi connectivity index (χ2n) is 7.33. The number of rotatable bonds is 4. The zero-order valence-electron chi connectivity index (χ0n) is 16.0. The molecule has 0 aliphatic carbocycles. The van der Waals surface area contributed by atoms with Crippen molar-refractivity contribution in [3.8, 4) is 0 Å². The molecule has 1 aliphatic rings. The normalized spacial score (nSPS) is 20.4. The van der Waals surface area contributed by atoms with E-state index >= 15 is 0 Å². The molecule has 1 aromatic carbocycles. The van der Waals surface area contributed by atoms with Crippen molar-refractivity contribution in [2.24, 2.45) is 4.99 Å². The highest BCUT2D eigenvalue weighted by atomic mass is 127. The van der Waals surface area contributed by atoms with E-state index in [0.29, 0.717) is 0 Å². The van der Waals surface area contributed by atoms with Crippen molar-refractivity contribution >= 4 is 35.8 Å². The Morgan fingerprint density at radius 3 is 2.52 bits per heavy atom. The van der Waals surface area contributed by atoms with Crippen LogP contribution in [0.5, 0.6) is 0 Å². The Balaban J connectivity index is 0.00000312. The number of guanidine groups is 1. The van der Waals surface area contributed by atoms with Gasteiger partial charge in [-0.2, -0.15) is 0 Å². The summed E-state index contributed by atoms with van der Waals surface area (Å²) in [6.07, 6.45) is 1.08. The third-order valence-electron chi connectivity index (χ3n) is 4.52. The number of hydrogen-bond donors (Lipinski definition) is 1. The van der Waals surface area contributed by atoms with Crippen LogP contribution in [-0.4, -0.2) is 61.4 Å². The molecule has 1 saturated heterocycles. The van der Waals surface area contributed by atoms with Crippen LogP contribution in [-0.2, 0) is 10.2 Å². The van der Waals surface area contributed by atoms with Crippen LogP contribution in [0.1, 0.15) is 32.8 Å². The van der Waals surface area contributed by atoms with Gasteiger partial charge in [-0.25, -0.2) is 4.99 Å². The van der Waals surface area contributed by atoms with Crippen LogP contribution in [0, 0.1) is 0 Å². The summed E-state index contributed by atoms with van der Waals surface area (Å²) in [5, 5.41) is 3.41. The Morgan fingerprint density at radius 1 is 1.32 bits per heavy atom. The third kappa shape index (κ3) is 5.87. The minimum absolute atomic E-state index is 0. The molecular formula is C19H31IN4O. The summed E-state index contributed by atoms with van der Waals surface area (Å²) in [5.74, 6) is 0.850. The van der Waals surface area contributed by atoms with E-state index in [2.05, 4.69) is 66.3 Å². The summed E-state index contributed by atoms with van der Waals surface area (Å²) < 4.78 is 0. The lowest BCUT2D eigenvalue weighted by atomic mass is 9.82. The van der Waals surface area contributed by atoms with Gasteiger partial charge < -0.3 is 15.1 Å². The lowest BCUT2D eigenvalue weighted by Gasteiger charge is -2.28. The summed E-state index contributed by atoms with van der Waals surface area (Å²) in [5.41, 5.74) is 1.48. The van der Waals surface area contributed by atoms with Crippen LogP contribution in [0.3, 0.4) is 0 Å². The average Bonchev–Trinajstić information content (AvgIpc) is 2.95. The first kappa shape index (κ1) is 21.7. The molecule has 1 aliphatic heterocycles. The lowest BCUT2D eigenvalue weighted by Crippen LogP contribution is -2.45. The first-order chi connectivity index (χ1) is 11.3. The van der Waals surface area contributed by atoms with Crippen LogP contribution in [0.15, 0.2) is 35.3 Å². The molecule has 1 amide bonds. The highest BCUT2D eigenvalue weighted by Gasteiger charge is 2.36. The van der Waals surface area contributed by atoms with Crippen LogP contribution in [0.4, 0.5) is 0 Å². The maximum atomic E-state index is 11.9. The number of aliphatic imine (C=N–C) groups is 1. The molecule has 1 N–H and O–H groups in total. The predicted molar refractivity (Wildman–Crippen MR) is 115 cm³/mol. The highest BCUT2D eigenvalue weighted by Crippen LogP contribution is 2.33. The molecule has 0 aromatic heterocycles. The Kier molecular flexibility index (Phi) is 8.18. The number of nitrogens with zero attached hydrogens (tertiary/aromatic N) is 3. The number of amides is 1. The molecule has 2 rings (SSSR count). The lowest BCUT2D eigenvalue weighted by molar-refractivity contribution is -0.127. The largest absolute Gasteiger partial charge is 0.354 e. The average molecular weight is 458 g/mol. The van der Waals surface area contributed by atoms with Gasteiger partial charge in [-0.15, -0.1) is 24.0 Å². The fourth-order valence-corrected chi connectivity index (χ4v) is 3.00. The molecule has 0 radical (unpaired) electrons. The second kappa shape index (κ2) is 9.40. The summed E-state index contributed by atoms with van der Waals surface area (Å²) in [6, 6.07) is 10.9. The van der Waals surface area contributed by atoms with Crippen molar-refractivity contribution in [1.82, 2.24) is 15.1 Å². The van der Waals surface area contributed by atoms with Gasteiger partial charge in [0.05, 0.1) is 0 Å². The van der Waals surface area contributed by atoms with E-state index < -0.39 is 0 Å². The van der Waals surface area contributed by atoms with Crippen molar-refractivity contribution < 1.29 is 4.79 Å². The molecule has 1 fully saturated rings. The Morgan fingerprint density at radius 2 is 1.96 bits per heavy atom. The molecular weight excluding hydrogens is 427 g/mol. The molecule has 25 heavy (non-hydrogen) atoms. The smallest absolute Gasteiger partial charge is 0.243 e. The summed E-state index contributed by atoms with van der Waals surface area (Å²) in [6.45, 7) is 8.53. The van der Waals surface area contributed by atoms with Crippen molar-refractivity contribution in [1.29, 1.82) is 0 Å². The van der Waals surface area contributed by atoms with Gasteiger partial charge in [-0.3, -0.25) is 4.79 Å². The maximum absolute atomic E-state index is 11.9. The molecule has 0 spiro atoms. The van der Waals surface area contributed by atoms with Gasteiger partial charge in [-0.1, -0.05) is 37.3 Å². The van der Waals surface area contributed by atoms with E-state index in [-0.39, 0.29) is 47.9 Å². The molecule has 1 heterocycles. The molecule has 0 saturated carbocycles. The van der Waals surface area contributed by atoms with Crippen molar-refractivity contribution in [3.63, 3.8) is 0 Å². The molecule has 0 bridgehead atoms. The number of benzene rings is 1. The molecule has 1 aromatic rings. The molecule has 5 nitrogen and oxygen atoms in total. The summed E-state index contributed by atoms with van der Waals surface area (Å²) in [7, 11) is 3.52. The Bertz CT molecular complexity index is 588. The van der Waals surface area contributed by atoms with Crippen molar-refractivity contribution in [2.45, 2.75) is 38.6 Å². The molecule has 1 atom stereocenters. The highest BCUT2D eigenvalue weighted by molar-refractivity contribution is 14.0. The molecule has 6 heteroatoms. The van der Waals surface area contributed by atoms with Crippen LogP contribution in [0.2, 0.25) is 0 Å². The molecule has 140 valence electrons. The fourth-order valence-electron chi connectivity index (χ4n) is 3.00. The maximum Gasteiger partial charge on any atom is 0.243 e. The van der Waals surface area contributed by atoms with Crippen LogP contribution in [0.25, 0.3) is 0 Å². The quantitative estimate of drug-likeness (QED) is 0.429. The standard InChI is InChI=1S/C19H30N4O.HI/c1-15(2)21-18(20-13-17(24)22(4)5)23-12-11-19(3,14-23)16-9-7-6-8-10-16;/h6-10,15H,11-14H2,1-5H3,(H,20,21);1H. The number of hydrogen-bond acceptors (Lipinski definition) is 2. The van der Waals surface area contributed by atoms with Crippen LogP contribution >= 0.6 is 24.0 Å². The first-order valence-electron chi connectivity index (χ1n) is 8.63.